The minimum Gasteiger partial charge on any atom is -0.492 e. The first kappa shape index (κ1) is 27.7. The Morgan fingerprint density at radius 1 is 1.17 bits per heavy atom. The number of hydrogen-bond donors (Lipinski definition) is 7. The number of aryl methyl sites for hydroxylation is 1. The maximum Gasteiger partial charge on any atom is 0.271 e. The van der Waals surface area contributed by atoms with Crippen molar-refractivity contribution >= 4 is 23.7 Å². The molecule has 0 bridgehead atoms. The number of carbonyl (C=O) groups is 2. The van der Waals surface area contributed by atoms with Gasteiger partial charge in [-0.2, -0.15) is 0 Å². The fourth-order valence-electron chi connectivity index (χ4n) is 6.35. The Morgan fingerprint density at radius 3 is 2.69 bits per heavy atom. The Labute approximate surface area is 241 Å². The fourth-order valence-corrected chi connectivity index (χ4v) is 6.35. The molecule has 42 heavy (non-hydrogen) atoms. The standard InChI is InChI=1S/C27H34N10O5/c1-13-18(31-9-8-30-13)22(39)32-11-16-20-26(36-23(28)35-20)27(40,41)17(12-37(26)24(29)33-16)34-21(38)14-5-4-6-15-19(14)42-10-7-25(15,2)3/h4-6,8-9,16-17,20,40-41H,7,10-12H2,1-3H3,(H2,29,33)(H,32,39)(H,34,38)(H3,28,35,36)/t16-,17?,20?,26?/m0/s1. The van der Waals surface area contributed by atoms with Gasteiger partial charge in [-0.15, -0.1) is 0 Å². The lowest BCUT2D eigenvalue weighted by Crippen LogP contribution is -2.78. The monoisotopic (exact) mass is 578 g/mol. The van der Waals surface area contributed by atoms with Crippen LogP contribution in [0.4, 0.5) is 0 Å². The summed E-state index contributed by atoms with van der Waals surface area (Å²) < 4.78 is 5.90. The van der Waals surface area contributed by atoms with E-state index in [4.69, 9.17) is 16.2 Å². The van der Waals surface area contributed by atoms with E-state index in [0.717, 1.165) is 12.0 Å². The summed E-state index contributed by atoms with van der Waals surface area (Å²) in [4.78, 5) is 44.9. The number of fused-ring (bicyclic) bond motifs is 1. The lowest BCUT2D eigenvalue weighted by atomic mass is 9.79. The second-order valence-electron chi connectivity index (χ2n) is 11.6. The molecule has 1 aromatic carbocycles. The molecular formula is C27H34N10O5. The zero-order valence-corrected chi connectivity index (χ0v) is 23.5. The molecule has 0 aliphatic carbocycles. The highest BCUT2D eigenvalue weighted by Crippen LogP contribution is 2.45. The van der Waals surface area contributed by atoms with Gasteiger partial charge in [0.05, 0.1) is 23.9 Å². The number of ether oxygens (including phenoxy) is 1. The van der Waals surface area contributed by atoms with Crippen LogP contribution in [0, 0.1) is 6.92 Å². The molecule has 4 aliphatic rings. The van der Waals surface area contributed by atoms with E-state index in [9.17, 15) is 19.8 Å². The Bertz CT molecular complexity index is 1520. The van der Waals surface area contributed by atoms with Crippen molar-refractivity contribution in [3.05, 3.63) is 53.1 Å². The van der Waals surface area contributed by atoms with Crippen molar-refractivity contribution < 1.29 is 24.5 Å². The molecule has 0 saturated carbocycles. The molecule has 2 aromatic rings. The maximum absolute atomic E-state index is 13.6. The van der Waals surface area contributed by atoms with Crippen LogP contribution in [0.3, 0.4) is 0 Å². The Hall–Kier alpha value is -4.50. The van der Waals surface area contributed by atoms with E-state index in [1.807, 2.05) is 6.07 Å². The van der Waals surface area contributed by atoms with Crippen LogP contribution in [-0.4, -0.2) is 98.1 Å². The van der Waals surface area contributed by atoms with Crippen LogP contribution in [-0.2, 0) is 5.41 Å². The maximum atomic E-state index is 13.6. The summed E-state index contributed by atoms with van der Waals surface area (Å²) in [6.45, 7) is 6.11. The smallest absolute Gasteiger partial charge is 0.271 e. The minimum atomic E-state index is -2.63. The number of carbonyl (C=O) groups excluding carboxylic acids is 2. The van der Waals surface area contributed by atoms with Crippen molar-refractivity contribution in [3.63, 3.8) is 0 Å². The van der Waals surface area contributed by atoms with Crippen LogP contribution >= 0.6 is 0 Å². The lowest BCUT2D eigenvalue weighted by Gasteiger charge is -2.49. The number of rotatable bonds is 5. The highest BCUT2D eigenvalue weighted by atomic mass is 16.5. The largest absolute Gasteiger partial charge is 0.492 e. The average Bonchev–Trinajstić information content (AvgIpc) is 3.41. The van der Waals surface area contributed by atoms with Crippen molar-refractivity contribution in [3.8, 4) is 5.75 Å². The number of amides is 2. The third kappa shape index (κ3) is 4.02. The number of nitrogens with one attached hydrogen (secondary N) is 3. The van der Waals surface area contributed by atoms with Crippen LogP contribution in [0.15, 0.2) is 40.6 Å². The molecule has 1 fully saturated rings. The van der Waals surface area contributed by atoms with Crippen molar-refractivity contribution in [2.45, 2.75) is 62.2 Å². The van der Waals surface area contributed by atoms with Gasteiger partial charge < -0.3 is 47.3 Å². The number of benzene rings is 1. The van der Waals surface area contributed by atoms with Gasteiger partial charge in [-0.25, -0.2) is 15.0 Å². The topological polar surface area (TPSA) is 226 Å². The molecular weight excluding hydrogens is 544 g/mol. The Kier molecular flexibility index (Phi) is 6.27. The van der Waals surface area contributed by atoms with Gasteiger partial charge in [-0.1, -0.05) is 26.0 Å². The summed E-state index contributed by atoms with van der Waals surface area (Å²) in [5.41, 5.74) is 12.2. The van der Waals surface area contributed by atoms with Gasteiger partial charge in [0.15, 0.2) is 17.6 Å². The molecule has 1 saturated heterocycles. The normalized spacial score (nSPS) is 28.2. The molecule has 3 unspecified atom stereocenters. The quantitative estimate of drug-likeness (QED) is 0.193. The zero-order valence-electron chi connectivity index (χ0n) is 23.5. The van der Waals surface area contributed by atoms with Crippen LogP contribution in [0.5, 0.6) is 5.75 Å². The first-order chi connectivity index (χ1) is 19.9. The predicted octanol–water partition coefficient (Wildman–Crippen LogP) is -1.95. The Balaban J connectivity index is 1.27. The van der Waals surface area contributed by atoms with Gasteiger partial charge in [-0.05, 0) is 24.8 Å². The SMILES string of the molecule is Cc1nccnc1C(=O)NC[C@@H]1N=C(N)N2CC(NC(=O)c3cccc4c3OCCC4(C)C)C(O)(O)C23NC(N)=NC13. The molecule has 6 rings (SSSR count). The van der Waals surface area contributed by atoms with Crippen molar-refractivity contribution in [2.24, 2.45) is 21.5 Å². The predicted molar refractivity (Wildman–Crippen MR) is 150 cm³/mol. The summed E-state index contributed by atoms with van der Waals surface area (Å²) >= 11 is 0. The van der Waals surface area contributed by atoms with Crippen molar-refractivity contribution in [1.29, 1.82) is 0 Å². The van der Waals surface area contributed by atoms with Gasteiger partial charge in [0.25, 0.3) is 11.8 Å². The summed E-state index contributed by atoms with van der Waals surface area (Å²) in [6.07, 6.45) is 3.69. The molecule has 15 nitrogen and oxygen atoms in total. The van der Waals surface area contributed by atoms with E-state index in [-0.39, 0.29) is 41.7 Å². The van der Waals surface area contributed by atoms with E-state index < -0.39 is 41.4 Å². The van der Waals surface area contributed by atoms with Gasteiger partial charge in [-0.3, -0.25) is 14.6 Å². The number of nitrogens with two attached hydrogens (primary N) is 2. The summed E-state index contributed by atoms with van der Waals surface area (Å²) in [5.74, 6) is -3.28. The third-order valence-electron chi connectivity index (χ3n) is 8.64. The highest BCUT2D eigenvalue weighted by molar-refractivity contribution is 5.98. The van der Waals surface area contributed by atoms with Gasteiger partial charge in [0, 0.05) is 31.0 Å². The van der Waals surface area contributed by atoms with E-state index in [1.165, 1.54) is 17.3 Å². The molecule has 15 heteroatoms. The Morgan fingerprint density at radius 2 is 1.93 bits per heavy atom. The minimum absolute atomic E-state index is 0.0371. The molecule has 9 N–H and O–H groups in total. The second-order valence-corrected chi connectivity index (χ2v) is 11.6. The van der Waals surface area contributed by atoms with Gasteiger partial charge in [0.1, 0.15) is 23.5 Å². The van der Waals surface area contributed by atoms with Gasteiger partial charge >= 0.3 is 0 Å². The number of aliphatic imine (C=N–C) groups is 2. The van der Waals surface area contributed by atoms with Crippen LogP contribution in [0.25, 0.3) is 0 Å². The molecule has 4 atom stereocenters. The fraction of sp³-hybridized carbons (Fsp3) is 0.481. The molecule has 222 valence electrons. The average molecular weight is 579 g/mol. The van der Waals surface area contributed by atoms with Crippen molar-refractivity contribution in [2.75, 3.05) is 19.7 Å². The van der Waals surface area contributed by atoms with E-state index in [2.05, 4.69) is 49.8 Å². The number of aliphatic hydroxyl groups is 2. The number of para-hydroxylation sites is 1. The molecule has 4 aliphatic heterocycles. The lowest BCUT2D eigenvalue weighted by molar-refractivity contribution is -0.230. The van der Waals surface area contributed by atoms with E-state index >= 15 is 0 Å². The first-order valence-electron chi connectivity index (χ1n) is 13.7. The highest BCUT2D eigenvalue weighted by Gasteiger charge is 2.73. The zero-order chi connectivity index (χ0) is 30.0. The summed E-state index contributed by atoms with van der Waals surface area (Å²) in [5, 5.41) is 31.9. The van der Waals surface area contributed by atoms with E-state index in [1.54, 1.807) is 19.1 Å². The van der Waals surface area contributed by atoms with Crippen LogP contribution in [0.2, 0.25) is 0 Å². The third-order valence-corrected chi connectivity index (χ3v) is 8.64. The van der Waals surface area contributed by atoms with Crippen molar-refractivity contribution in [1.82, 2.24) is 30.8 Å². The van der Waals surface area contributed by atoms with Gasteiger partial charge in [0.2, 0.25) is 5.79 Å². The van der Waals surface area contributed by atoms with E-state index in [0.29, 0.717) is 18.1 Å². The number of nitrogens with zero attached hydrogens (tertiary/aromatic N) is 5. The van der Waals surface area contributed by atoms with Crippen LogP contribution < -0.4 is 32.2 Å². The summed E-state index contributed by atoms with van der Waals surface area (Å²) in [6, 6.07) is 2.29. The first-order valence-corrected chi connectivity index (χ1v) is 13.7. The molecule has 1 aromatic heterocycles. The molecule has 1 spiro atoms. The number of guanidine groups is 2. The molecule has 0 radical (unpaired) electrons. The van der Waals surface area contributed by atoms with Crippen LogP contribution in [0.1, 0.15) is 52.4 Å². The second kappa shape index (κ2) is 9.52. The summed E-state index contributed by atoms with van der Waals surface area (Å²) in [7, 11) is 0. The number of hydrogen-bond acceptors (Lipinski definition) is 13. The number of aromatic nitrogens is 2. The molecule has 5 heterocycles. The molecule has 2 amide bonds.